The summed E-state index contributed by atoms with van der Waals surface area (Å²) in [5, 5.41) is 2.04. The number of aryl methyl sites for hydroxylation is 1. The van der Waals surface area contributed by atoms with Gasteiger partial charge in [-0.3, -0.25) is 9.47 Å². The van der Waals surface area contributed by atoms with Gasteiger partial charge in [-0.1, -0.05) is 26.7 Å². The lowest BCUT2D eigenvalue weighted by molar-refractivity contribution is -0.118. The number of hydrogen-bond donors (Lipinski definition) is 0. The van der Waals surface area contributed by atoms with Crippen LogP contribution in [-0.4, -0.2) is 24.6 Å². The number of carbonyl (C=O) groups excluding carboxylic acids is 1. The Labute approximate surface area is 111 Å². The van der Waals surface area contributed by atoms with Gasteiger partial charge in [-0.15, -0.1) is 0 Å². The smallest absolute Gasteiger partial charge is 0.138 e. The molecule has 0 amide bonds. The topological polar surface area (TPSA) is 25.2 Å². The highest BCUT2D eigenvalue weighted by atomic mass is 16.1. The second-order valence-electron chi connectivity index (χ2n) is 5.12. The van der Waals surface area contributed by atoms with Gasteiger partial charge in [0.15, 0.2) is 0 Å². The highest BCUT2D eigenvalue weighted by Gasteiger charge is 2.21. The van der Waals surface area contributed by atoms with E-state index in [1.807, 2.05) is 19.1 Å². The molecule has 0 aliphatic rings. The van der Waals surface area contributed by atoms with E-state index in [0.717, 1.165) is 31.4 Å². The average molecular weight is 250 g/mol. The van der Waals surface area contributed by atoms with Gasteiger partial charge in [-0.2, -0.15) is 0 Å². The van der Waals surface area contributed by atoms with Crippen LogP contribution in [0.15, 0.2) is 12.3 Å². The first-order valence-electron chi connectivity index (χ1n) is 6.90. The number of hydrogen-bond acceptors (Lipinski definition) is 2. The molecule has 1 heterocycles. The van der Waals surface area contributed by atoms with Gasteiger partial charge in [-0.25, -0.2) is 0 Å². The van der Waals surface area contributed by atoms with Crippen LogP contribution in [0, 0.1) is 0 Å². The molecule has 1 aromatic heterocycles. The molecule has 0 aromatic carbocycles. The van der Waals surface area contributed by atoms with Crippen LogP contribution in [0.4, 0.5) is 0 Å². The highest BCUT2D eigenvalue weighted by molar-refractivity contribution is 5.83. The van der Waals surface area contributed by atoms with Crippen LogP contribution in [0.2, 0.25) is 0 Å². The van der Waals surface area contributed by atoms with Gasteiger partial charge < -0.3 is 5.01 Å². The monoisotopic (exact) mass is 250 g/mol. The lowest BCUT2D eigenvalue weighted by atomic mass is 9.94. The Hall–Kier alpha value is -1.25. The summed E-state index contributed by atoms with van der Waals surface area (Å²) in [6.07, 6.45) is 6.33. The minimum Gasteiger partial charge on any atom is -0.319 e. The van der Waals surface area contributed by atoms with Gasteiger partial charge in [0.2, 0.25) is 0 Å². The summed E-state index contributed by atoms with van der Waals surface area (Å²) in [6, 6.07) is 2.18. The highest BCUT2D eigenvalue weighted by Crippen LogP contribution is 2.25. The number of Topliss-reactive ketones (excluding diaryl/α,β-unsaturated/α-hetero) is 1. The van der Waals surface area contributed by atoms with E-state index in [1.54, 1.807) is 6.92 Å². The van der Waals surface area contributed by atoms with Gasteiger partial charge in [-0.05, 0) is 31.4 Å². The van der Waals surface area contributed by atoms with Crippen molar-refractivity contribution in [3.63, 3.8) is 0 Å². The first-order chi connectivity index (χ1) is 8.51. The van der Waals surface area contributed by atoms with Crippen LogP contribution in [-0.2, 0) is 11.2 Å². The zero-order chi connectivity index (χ0) is 13.7. The Morgan fingerprint density at radius 1 is 1.39 bits per heavy atom. The molecule has 3 heteroatoms. The molecule has 0 spiro atoms. The quantitative estimate of drug-likeness (QED) is 0.743. The summed E-state index contributed by atoms with van der Waals surface area (Å²) in [5.74, 6) is 0.306. The normalized spacial score (nSPS) is 12.5. The maximum atomic E-state index is 11.9. The lowest BCUT2D eigenvalue weighted by Crippen LogP contribution is -2.28. The summed E-state index contributed by atoms with van der Waals surface area (Å²) in [5.41, 5.74) is 2.43. The Morgan fingerprint density at radius 3 is 2.50 bits per heavy atom. The predicted molar refractivity (Wildman–Crippen MR) is 76.8 cm³/mol. The van der Waals surface area contributed by atoms with Gasteiger partial charge in [0.05, 0.1) is 11.6 Å². The Morgan fingerprint density at radius 2 is 2.06 bits per heavy atom. The number of unbranched alkanes of at least 4 members (excludes halogenated alkanes) is 1. The van der Waals surface area contributed by atoms with E-state index < -0.39 is 0 Å². The molecule has 1 rings (SSSR count). The molecule has 0 aliphatic heterocycles. The third-order valence-corrected chi connectivity index (χ3v) is 3.42. The molecular formula is C15H26N2O. The molecule has 1 aromatic rings. The summed E-state index contributed by atoms with van der Waals surface area (Å²) in [7, 11) is 4.03. The van der Waals surface area contributed by atoms with Crippen LogP contribution < -0.4 is 5.01 Å². The maximum absolute atomic E-state index is 11.9. The largest absolute Gasteiger partial charge is 0.319 e. The fraction of sp³-hybridized carbons (Fsp3) is 0.667. The molecular weight excluding hydrogens is 224 g/mol. The summed E-state index contributed by atoms with van der Waals surface area (Å²) < 4.78 is 2.11. The molecule has 0 bridgehead atoms. The fourth-order valence-corrected chi connectivity index (χ4v) is 2.29. The molecule has 0 saturated heterocycles. The minimum absolute atomic E-state index is 0.0349. The number of rotatable bonds is 7. The molecule has 0 radical (unpaired) electrons. The molecule has 0 aliphatic carbocycles. The van der Waals surface area contributed by atoms with Crippen LogP contribution in [0.3, 0.4) is 0 Å². The SMILES string of the molecule is CCCCC(C(C)=O)c1cc(CC)cn1N(C)C. The molecule has 1 atom stereocenters. The van der Waals surface area contributed by atoms with E-state index in [9.17, 15) is 4.79 Å². The Balaban J connectivity index is 3.09. The molecule has 0 saturated carbocycles. The molecule has 18 heavy (non-hydrogen) atoms. The van der Waals surface area contributed by atoms with Crippen LogP contribution in [0.1, 0.15) is 57.2 Å². The third-order valence-electron chi connectivity index (χ3n) is 3.42. The Bertz CT molecular complexity index is 393. The molecule has 0 fully saturated rings. The Kier molecular flexibility index (Phi) is 5.45. The summed E-state index contributed by atoms with van der Waals surface area (Å²) >= 11 is 0. The molecule has 0 N–H and O–H groups in total. The van der Waals surface area contributed by atoms with Gasteiger partial charge in [0, 0.05) is 20.3 Å². The van der Waals surface area contributed by atoms with Crippen molar-refractivity contribution in [1.82, 2.24) is 4.68 Å². The van der Waals surface area contributed by atoms with Crippen LogP contribution in [0.25, 0.3) is 0 Å². The van der Waals surface area contributed by atoms with Gasteiger partial charge in [0.1, 0.15) is 5.78 Å². The fourth-order valence-electron chi connectivity index (χ4n) is 2.29. The van der Waals surface area contributed by atoms with Crippen LogP contribution >= 0.6 is 0 Å². The summed E-state index contributed by atoms with van der Waals surface area (Å²) in [4.78, 5) is 11.9. The first kappa shape index (κ1) is 14.8. The number of aromatic nitrogens is 1. The first-order valence-corrected chi connectivity index (χ1v) is 6.90. The van der Waals surface area contributed by atoms with E-state index in [-0.39, 0.29) is 11.7 Å². The lowest BCUT2D eigenvalue weighted by Gasteiger charge is -2.22. The second kappa shape index (κ2) is 6.62. The van der Waals surface area contributed by atoms with Crippen molar-refractivity contribution in [1.29, 1.82) is 0 Å². The van der Waals surface area contributed by atoms with Crippen molar-refractivity contribution in [2.75, 3.05) is 19.1 Å². The second-order valence-corrected chi connectivity index (χ2v) is 5.12. The predicted octanol–water partition coefficient (Wildman–Crippen LogP) is 3.11. The maximum Gasteiger partial charge on any atom is 0.138 e. The van der Waals surface area contributed by atoms with Crippen LogP contribution in [0.5, 0.6) is 0 Å². The van der Waals surface area contributed by atoms with E-state index >= 15 is 0 Å². The van der Waals surface area contributed by atoms with Crippen molar-refractivity contribution in [2.45, 2.75) is 52.4 Å². The average Bonchev–Trinajstić information content (AvgIpc) is 2.73. The zero-order valence-corrected chi connectivity index (χ0v) is 12.4. The van der Waals surface area contributed by atoms with E-state index in [2.05, 4.69) is 30.8 Å². The number of nitrogens with zero attached hydrogens (tertiary/aromatic N) is 2. The standard InChI is InChI=1S/C15H26N2O/c1-6-8-9-14(12(3)18)15-10-13(7-2)11-17(15)16(4)5/h10-11,14H,6-9H2,1-5H3. The summed E-state index contributed by atoms with van der Waals surface area (Å²) in [6.45, 7) is 6.02. The molecule has 1 unspecified atom stereocenters. The van der Waals surface area contributed by atoms with E-state index in [1.165, 1.54) is 5.56 Å². The third kappa shape index (κ3) is 3.37. The van der Waals surface area contributed by atoms with Crippen molar-refractivity contribution in [3.05, 3.63) is 23.5 Å². The molecule has 102 valence electrons. The van der Waals surface area contributed by atoms with Crippen molar-refractivity contribution in [3.8, 4) is 0 Å². The zero-order valence-electron chi connectivity index (χ0n) is 12.4. The van der Waals surface area contributed by atoms with Gasteiger partial charge in [0.25, 0.3) is 0 Å². The van der Waals surface area contributed by atoms with Gasteiger partial charge >= 0.3 is 0 Å². The minimum atomic E-state index is 0.0349. The molecule has 3 nitrogen and oxygen atoms in total. The van der Waals surface area contributed by atoms with Crippen molar-refractivity contribution in [2.24, 2.45) is 0 Å². The van der Waals surface area contributed by atoms with Crippen molar-refractivity contribution >= 4 is 5.78 Å². The van der Waals surface area contributed by atoms with E-state index in [4.69, 9.17) is 0 Å². The number of ketones is 1. The van der Waals surface area contributed by atoms with E-state index in [0.29, 0.717) is 0 Å². The number of carbonyl (C=O) groups is 1. The van der Waals surface area contributed by atoms with Crippen molar-refractivity contribution < 1.29 is 4.79 Å².